The van der Waals surface area contributed by atoms with Gasteiger partial charge in [-0.1, -0.05) is 35.9 Å². The Morgan fingerprint density at radius 3 is 2.62 bits per heavy atom. The quantitative estimate of drug-likeness (QED) is 0.517. The minimum atomic E-state index is -0.346. The second kappa shape index (κ2) is 7.26. The van der Waals surface area contributed by atoms with Crippen LogP contribution in [0.15, 0.2) is 59.7 Å². The van der Waals surface area contributed by atoms with E-state index in [1.807, 2.05) is 12.1 Å². The summed E-state index contributed by atoms with van der Waals surface area (Å²) in [4.78, 5) is 11.6. The van der Waals surface area contributed by atoms with E-state index < -0.39 is 0 Å². The van der Waals surface area contributed by atoms with Crippen molar-refractivity contribution in [3.63, 3.8) is 0 Å². The van der Waals surface area contributed by atoms with Crippen molar-refractivity contribution in [2.24, 2.45) is 5.10 Å². The van der Waals surface area contributed by atoms with E-state index in [0.29, 0.717) is 10.6 Å². The molecular weight excluding hydrogens is 288 g/mol. The molecule has 5 heteroatoms. The minimum absolute atomic E-state index is 0.146. The summed E-state index contributed by atoms with van der Waals surface area (Å²) in [5.74, 6) is -0.200. The molecule has 0 bridgehead atoms. The van der Waals surface area contributed by atoms with Crippen LogP contribution in [0.2, 0.25) is 5.02 Å². The van der Waals surface area contributed by atoms with Gasteiger partial charge in [0.1, 0.15) is 5.75 Å². The minimum Gasteiger partial charge on any atom is -0.508 e. The van der Waals surface area contributed by atoms with Crippen LogP contribution in [0.25, 0.3) is 6.08 Å². The Balaban J connectivity index is 1.88. The molecule has 0 fully saturated rings. The van der Waals surface area contributed by atoms with E-state index in [2.05, 4.69) is 10.5 Å². The van der Waals surface area contributed by atoms with E-state index in [-0.39, 0.29) is 11.7 Å². The molecule has 1 amide bonds. The van der Waals surface area contributed by atoms with E-state index in [1.54, 1.807) is 42.5 Å². The highest BCUT2D eigenvalue weighted by molar-refractivity contribution is 6.30. The van der Waals surface area contributed by atoms with Crippen LogP contribution >= 0.6 is 11.6 Å². The van der Waals surface area contributed by atoms with Crippen molar-refractivity contribution in [2.75, 3.05) is 0 Å². The van der Waals surface area contributed by atoms with Gasteiger partial charge in [-0.2, -0.15) is 5.10 Å². The van der Waals surface area contributed by atoms with Gasteiger partial charge in [0.05, 0.1) is 6.21 Å². The normalized spacial score (nSPS) is 11.1. The molecule has 0 heterocycles. The summed E-state index contributed by atoms with van der Waals surface area (Å²) in [7, 11) is 0. The predicted molar refractivity (Wildman–Crippen MR) is 84.3 cm³/mol. The summed E-state index contributed by atoms with van der Waals surface area (Å²) in [5.41, 5.74) is 3.93. The summed E-state index contributed by atoms with van der Waals surface area (Å²) in [5, 5.41) is 13.7. The second-order valence-corrected chi connectivity index (χ2v) is 4.65. The zero-order valence-electron chi connectivity index (χ0n) is 11.0. The molecule has 2 N–H and O–H groups in total. The summed E-state index contributed by atoms with van der Waals surface area (Å²) in [6.45, 7) is 0. The number of rotatable bonds is 4. The molecule has 0 saturated heterocycles. The fourth-order valence-corrected chi connectivity index (χ4v) is 1.68. The van der Waals surface area contributed by atoms with E-state index in [4.69, 9.17) is 11.6 Å². The van der Waals surface area contributed by atoms with Crippen LogP contribution in [-0.2, 0) is 4.79 Å². The third-order valence-corrected chi connectivity index (χ3v) is 2.81. The first-order valence-electron chi connectivity index (χ1n) is 6.19. The Morgan fingerprint density at radius 2 is 1.90 bits per heavy atom. The number of halogens is 1. The van der Waals surface area contributed by atoms with Gasteiger partial charge < -0.3 is 5.11 Å². The fourth-order valence-electron chi connectivity index (χ4n) is 1.56. The number of amides is 1. The van der Waals surface area contributed by atoms with Crippen molar-refractivity contribution < 1.29 is 9.90 Å². The molecule has 21 heavy (non-hydrogen) atoms. The molecule has 0 aliphatic carbocycles. The number of nitrogens with one attached hydrogen (secondary N) is 1. The zero-order chi connectivity index (χ0) is 15.1. The van der Waals surface area contributed by atoms with Gasteiger partial charge in [-0.15, -0.1) is 0 Å². The number of nitrogens with zero attached hydrogens (tertiary/aromatic N) is 1. The van der Waals surface area contributed by atoms with Crippen LogP contribution in [0.1, 0.15) is 11.1 Å². The molecule has 106 valence electrons. The van der Waals surface area contributed by atoms with Crippen LogP contribution in [0.4, 0.5) is 0 Å². The number of hydrazone groups is 1. The molecule has 2 aromatic rings. The van der Waals surface area contributed by atoms with Gasteiger partial charge in [-0.3, -0.25) is 4.79 Å². The van der Waals surface area contributed by atoms with Crippen molar-refractivity contribution in [3.8, 4) is 5.75 Å². The fraction of sp³-hybridized carbons (Fsp3) is 0. The molecule has 0 spiro atoms. The van der Waals surface area contributed by atoms with Crippen molar-refractivity contribution >= 4 is 29.8 Å². The lowest BCUT2D eigenvalue weighted by molar-refractivity contribution is -0.116. The lowest BCUT2D eigenvalue weighted by Crippen LogP contribution is -2.14. The van der Waals surface area contributed by atoms with Gasteiger partial charge in [0.25, 0.3) is 5.91 Å². The zero-order valence-corrected chi connectivity index (χ0v) is 11.8. The smallest absolute Gasteiger partial charge is 0.264 e. The molecular formula is C16H13ClN2O2. The first kappa shape index (κ1) is 14.8. The van der Waals surface area contributed by atoms with Crippen LogP contribution in [-0.4, -0.2) is 17.2 Å². The molecule has 4 nitrogen and oxygen atoms in total. The second-order valence-electron chi connectivity index (χ2n) is 4.21. The van der Waals surface area contributed by atoms with Gasteiger partial charge in [0, 0.05) is 11.1 Å². The van der Waals surface area contributed by atoms with Crippen LogP contribution in [0.3, 0.4) is 0 Å². The molecule has 2 rings (SSSR count). The monoisotopic (exact) mass is 300 g/mol. The molecule has 0 radical (unpaired) electrons. The van der Waals surface area contributed by atoms with Crippen molar-refractivity contribution in [2.45, 2.75) is 0 Å². The Morgan fingerprint density at radius 1 is 1.14 bits per heavy atom. The predicted octanol–water partition coefficient (Wildman–Crippen LogP) is 3.21. The maximum absolute atomic E-state index is 11.6. The van der Waals surface area contributed by atoms with Crippen LogP contribution in [0, 0.1) is 0 Å². The average molecular weight is 301 g/mol. The van der Waals surface area contributed by atoms with Crippen LogP contribution in [0.5, 0.6) is 5.75 Å². The van der Waals surface area contributed by atoms with Crippen molar-refractivity contribution in [3.05, 3.63) is 70.8 Å². The van der Waals surface area contributed by atoms with Crippen molar-refractivity contribution in [1.82, 2.24) is 5.43 Å². The first-order valence-corrected chi connectivity index (χ1v) is 6.57. The molecule has 2 aromatic carbocycles. The molecule has 0 unspecified atom stereocenters. The number of aromatic hydroxyl groups is 1. The van der Waals surface area contributed by atoms with Gasteiger partial charge in [0.2, 0.25) is 0 Å². The van der Waals surface area contributed by atoms with E-state index >= 15 is 0 Å². The maximum atomic E-state index is 11.6. The largest absolute Gasteiger partial charge is 0.508 e. The van der Waals surface area contributed by atoms with Gasteiger partial charge in [0.15, 0.2) is 0 Å². The maximum Gasteiger partial charge on any atom is 0.264 e. The lowest BCUT2D eigenvalue weighted by atomic mass is 10.2. The molecule has 0 atom stereocenters. The summed E-state index contributed by atoms with van der Waals surface area (Å²) in [6.07, 6.45) is 4.49. The summed E-state index contributed by atoms with van der Waals surface area (Å²) in [6, 6.07) is 13.7. The lowest BCUT2D eigenvalue weighted by Gasteiger charge is -1.96. The number of hydrogen-bond acceptors (Lipinski definition) is 3. The molecule has 0 saturated carbocycles. The number of carbonyl (C=O) groups is 1. The number of phenols is 1. The third-order valence-electron chi connectivity index (χ3n) is 2.56. The molecule has 0 aliphatic rings. The number of phenolic OH excluding ortho intramolecular Hbond substituents is 1. The highest BCUT2D eigenvalue weighted by atomic mass is 35.5. The topological polar surface area (TPSA) is 61.7 Å². The van der Waals surface area contributed by atoms with Crippen LogP contribution < -0.4 is 5.43 Å². The standard InChI is InChI=1S/C16H13ClN2O2/c17-14-7-4-12(5-8-14)6-9-16(21)19-18-11-13-2-1-3-15(20)10-13/h1-11,20H,(H,19,21)/b9-6+,18-11-. The van der Waals surface area contributed by atoms with E-state index in [1.165, 1.54) is 12.3 Å². The third kappa shape index (κ3) is 5.12. The Hall–Kier alpha value is -2.59. The van der Waals surface area contributed by atoms with Gasteiger partial charge in [-0.05, 0) is 41.5 Å². The highest BCUT2D eigenvalue weighted by Gasteiger charge is 1.94. The molecule has 0 aromatic heterocycles. The van der Waals surface area contributed by atoms with Crippen molar-refractivity contribution in [1.29, 1.82) is 0 Å². The summed E-state index contributed by atoms with van der Waals surface area (Å²) < 4.78 is 0. The highest BCUT2D eigenvalue weighted by Crippen LogP contribution is 2.10. The number of hydrogen-bond donors (Lipinski definition) is 2. The average Bonchev–Trinajstić information content (AvgIpc) is 2.47. The van der Waals surface area contributed by atoms with E-state index in [0.717, 1.165) is 5.56 Å². The first-order chi connectivity index (χ1) is 10.1. The number of carbonyl (C=O) groups excluding carboxylic acids is 1. The Kier molecular flexibility index (Phi) is 5.12. The number of benzene rings is 2. The Labute approximate surface area is 127 Å². The van der Waals surface area contributed by atoms with Gasteiger partial charge in [-0.25, -0.2) is 5.43 Å². The molecule has 0 aliphatic heterocycles. The SMILES string of the molecule is O=C(/C=C/c1ccc(Cl)cc1)N/N=C\c1cccc(O)c1. The Bertz CT molecular complexity index is 679. The van der Waals surface area contributed by atoms with E-state index in [9.17, 15) is 9.90 Å². The van der Waals surface area contributed by atoms with Gasteiger partial charge >= 0.3 is 0 Å². The summed E-state index contributed by atoms with van der Waals surface area (Å²) >= 11 is 5.77.